The van der Waals surface area contributed by atoms with E-state index in [9.17, 15) is 14.4 Å². The molecule has 0 saturated carbocycles. The summed E-state index contributed by atoms with van der Waals surface area (Å²) in [6.07, 6.45) is 1.49. The zero-order valence-corrected chi connectivity index (χ0v) is 16.6. The third kappa shape index (κ3) is 5.12. The number of carbonyl (C=O) groups is 3. The average Bonchev–Trinajstić information content (AvgIpc) is 2.90. The Kier molecular flexibility index (Phi) is 7.47. The molecule has 2 aliphatic heterocycles. The molecule has 3 atom stereocenters. The Morgan fingerprint density at radius 3 is 2.67 bits per heavy atom. The third-order valence-electron chi connectivity index (χ3n) is 4.94. The molecule has 1 aromatic rings. The molecule has 1 aromatic carbocycles. The standard InChI is InChI=1S/C18H23ClN4O3.ClH/c1-11-8-9-20-10-15(11)21-16(24)7-6-14-17(25)23(18(26)22-14)13-4-2-12(19)3-5-13;/h2-5,11,14-15,20H,6-10H2,1H3,(H,21,24)(H,22,26);1H. The lowest BCUT2D eigenvalue weighted by Gasteiger charge is -2.30. The number of nitrogens with zero attached hydrogens (tertiary/aromatic N) is 1. The lowest BCUT2D eigenvalue weighted by Crippen LogP contribution is -2.50. The van der Waals surface area contributed by atoms with Crippen molar-refractivity contribution in [2.75, 3.05) is 18.0 Å². The summed E-state index contributed by atoms with van der Waals surface area (Å²) in [7, 11) is 0. The van der Waals surface area contributed by atoms with Crippen LogP contribution in [0.15, 0.2) is 24.3 Å². The number of benzene rings is 1. The second-order valence-corrected chi connectivity index (χ2v) is 7.27. The van der Waals surface area contributed by atoms with E-state index in [2.05, 4.69) is 22.9 Å². The van der Waals surface area contributed by atoms with Crippen LogP contribution < -0.4 is 20.9 Å². The van der Waals surface area contributed by atoms with Crippen molar-refractivity contribution >= 4 is 47.5 Å². The Morgan fingerprint density at radius 2 is 2.00 bits per heavy atom. The normalized spacial score (nSPS) is 25.0. The van der Waals surface area contributed by atoms with Crippen LogP contribution in [0.25, 0.3) is 0 Å². The van der Waals surface area contributed by atoms with Crippen LogP contribution in [-0.2, 0) is 9.59 Å². The van der Waals surface area contributed by atoms with Gasteiger partial charge in [0.2, 0.25) is 5.91 Å². The van der Waals surface area contributed by atoms with Crippen molar-refractivity contribution < 1.29 is 14.4 Å². The molecule has 2 aliphatic rings. The van der Waals surface area contributed by atoms with Crippen molar-refractivity contribution in [1.82, 2.24) is 16.0 Å². The van der Waals surface area contributed by atoms with Crippen LogP contribution in [0.1, 0.15) is 26.2 Å². The van der Waals surface area contributed by atoms with Crippen molar-refractivity contribution in [2.24, 2.45) is 5.92 Å². The molecule has 9 heteroatoms. The van der Waals surface area contributed by atoms with Crippen molar-refractivity contribution in [3.8, 4) is 0 Å². The van der Waals surface area contributed by atoms with Gasteiger partial charge in [0.05, 0.1) is 5.69 Å². The molecule has 2 fully saturated rings. The summed E-state index contributed by atoms with van der Waals surface area (Å²) in [6.45, 7) is 3.85. The number of hydrogen-bond acceptors (Lipinski definition) is 4. The van der Waals surface area contributed by atoms with Crippen LogP contribution in [-0.4, -0.2) is 43.0 Å². The highest BCUT2D eigenvalue weighted by molar-refractivity contribution is 6.30. The fourth-order valence-corrected chi connectivity index (χ4v) is 3.42. The molecular formula is C18H24Cl2N4O3. The SMILES string of the molecule is CC1CCNCC1NC(=O)CCC1NC(=O)N(c2ccc(Cl)cc2)C1=O.Cl. The number of halogens is 2. The Morgan fingerprint density at radius 1 is 1.30 bits per heavy atom. The second-order valence-electron chi connectivity index (χ2n) is 6.83. The summed E-state index contributed by atoms with van der Waals surface area (Å²) in [5, 5.41) is 9.46. The zero-order valence-electron chi connectivity index (χ0n) is 15.0. The topological polar surface area (TPSA) is 90.5 Å². The van der Waals surface area contributed by atoms with Crippen molar-refractivity contribution in [3.63, 3.8) is 0 Å². The van der Waals surface area contributed by atoms with Crippen LogP contribution in [0.4, 0.5) is 10.5 Å². The molecule has 4 amide bonds. The molecule has 0 spiro atoms. The summed E-state index contributed by atoms with van der Waals surface area (Å²) in [5.74, 6) is -0.0243. The number of anilines is 1. The summed E-state index contributed by atoms with van der Waals surface area (Å²) in [5.41, 5.74) is 0.464. The molecule has 148 valence electrons. The highest BCUT2D eigenvalue weighted by Gasteiger charge is 2.39. The molecule has 0 bridgehead atoms. The van der Waals surface area contributed by atoms with Gasteiger partial charge in [-0.3, -0.25) is 9.59 Å². The second kappa shape index (κ2) is 9.39. The van der Waals surface area contributed by atoms with E-state index in [4.69, 9.17) is 11.6 Å². The molecule has 0 radical (unpaired) electrons. The fraction of sp³-hybridized carbons (Fsp3) is 0.500. The summed E-state index contributed by atoms with van der Waals surface area (Å²) < 4.78 is 0. The number of amides is 4. The molecule has 27 heavy (non-hydrogen) atoms. The maximum atomic E-state index is 12.5. The number of imide groups is 1. The number of urea groups is 1. The minimum atomic E-state index is -0.689. The summed E-state index contributed by atoms with van der Waals surface area (Å²) in [6, 6.07) is 5.42. The molecule has 0 aliphatic carbocycles. The van der Waals surface area contributed by atoms with E-state index in [1.54, 1.807) is 24.3 Å². The van der Waals surface area contributed by atoms with Gasteiger partial charge < -0.3 is 16.0 Å². The van der Waals surface area contributed by atoms with Gasteiger partial charge in [-0.15, -0.1) is 12.4 Å². The molecule has 3 rings (SSSR count). The smallest absolute Gasteiger partial charge is 0.329 e. The van der Waals surface area contributed by atoms with Gasteiger partial charge in [0.1, 0.15) is 6.04 Å². The largest absolute Gasteiger partial charge is 0.352 e. The van der Waals surface area contributed by atoms with Gasteiger partial charge in [0.25, 0.3) is 5.91 Å². The van der Waals surface area contributed by atoms with Crippen LogP contribution in [0.3, 0.4) is 0 Å². The van der Waals surface area contributed by atoms with Gasteiger partial charge in [-0.25, -0.2) is 9.69 Å². The summed E-state index contributed by atoms with van der Waals surface area (Å²) in [4.78, 5) is 37.9. The van der Waals surface area contributed by atoms with E-state index in [1.165, 1.54) is 0 Å². The molecule has 2 saturated heterocycles. The first-order valence-corrected chi connectivity index (χ1v) is 9.23. The van der Waals surface area contributed by atoms with E-state index in [1.807, 2.05) is 0 Å². The monoisotopic (exact) mass is 414 g/mol. The van der Waals surface area contributed by atoms with Crippen molar-refractivity contribution in [2.45, 2.75) is 38.3 Å². The number of piperidine rings is 1. The van der Waals surface area contributed by atoms with E-state index in [0.29, 0.717) is 16.6 Å². The van der Waals surface area contributed by atoms with Gasteiger partial charge in [0.15, 0.2) is 0 Å². The quantitative estimate of drug-likeness (QED) is 0.643. The lowest BCUT2D eigenvalue weighted by molar-refractivity contribution is -0.122. The highest BCUT2D eigenvalue weighted by Crippen LogP contribution is 2.23. The Bertz CT molecular complexity index is 698. The highest BCUT2D eigenvalue weighted by atomic mass is 35.5. The average molecular weight is 415 g/mol. The predicted molar refractivity (Wildman–Crippen MR) is 106 cm³/mol. The lowest BCUT2D eigenvalue weighted by atomic mass is 9.94. The minimum absolute atomic E-state index is 0. The Hall–Kier alpha value is -1.83. The van der Waals surface area contributed by atoms with Gasteiger partial charge in [0, 0.05) is 24.0 Å². The van der Waals surface area contributed by atoms with E-state index >= 15 is 0 Å². The first-order chi connectivity index (χ1) is 12.5. The van der Waals surface area contributed by atoms with Crippen LogP contribution in [0.2, 0.25) is 5.02 Å². The van der Waals surface area contributed by atoms with Crippen LogP contribution in [0, 0.1) is 5.92 Å². The Balaban J connectivity index is 0.00000261. The molecular weight excluding hydrogens is 391 g/mol. The molecule has 3 N–H and O–H groups in total. The van der Waals surface area contributed by atoms with E-state index in [-0.39, 0.29) is 43.1 Å². The molecule has 3 unspecified atom stereocenters. The number of carbonyl (C=O) groups excluding carboxylic acids is 3. The fourth-order valence-electron chi connectivity index (χ4n) is 3.30. The van der Waals surface area contributed by atoms with Gasteiger partial charge >= 0.3 is 6.03 Å². The first-order valence-electron chi connectivity index (χ1n) is 8.86. The Labute approximate surface area is 169 Å². The molecule has 7 nitrogen and oxygen atoms in total. The van der Waals surface area contributed by atoms with Crippen LogP contribution in [0.5, 0.6) is 0 Å². The van der Waals surface area contributed by atoms with E-state index < -0.39 is 12.1 Å². The number of nitrogens with one attached hydrogen (secondary N) is 3. The zero-order chi connectivity index (χ0) is 18.7. The van der Waals surface area contributed by atoms with E-state index in [0.717, 1.165) is 24.4 Å². The third-order valence-corrected chi connectivity index (χ3v) is 5.19. The number of hydrogen-bond donors (Lipinski definition) is 3. The van der Waals surface area contributed by atoms with Crippen molar-refractivity contribution in [1.29, 1.82) is 0 Å². The molecule has 0 aromatic heterocycles. The molecule has 2 heterocycles. The number of rotatable bonds is 5. The predicted octanol–water partition coefficient (Wildman–Crippen LogP) is 2.08. The minimum Gasteiger partial charge on any atom is -0.352 e. The van der Waals surface area contributed by atoms with Crippen molar-refractivity contribution in [3.05, 3.63) is 29.3 Å². The first kappa shape index (κ1) is 21.5. The maximum Gasteiger partial charge on any atom is 0.329 e. The van der Waals surface area contributed by atoms with Gasteiger partial charge in [-0.2, -0.15) is 0 Å². The maximum absolute atomic E-state index is 12.5. The van der Waals surface area contributed by atoms with Gasteiger partial charge in [-0.1, -0.05) is 18.5 Å². The van der Waals surface area contributed by atoms with Crippen LogP contribution >= 0.6 is 24.0 Å². The summed E-state index contributed by atoms with van der Waals surface area (Å²) >= 11 is 5.84. The van der Waals surface area contributed by atoms with Gasteiger partial charge in [-0.05, 0) is 49.6 Å².